The standard InChI is InChI=1S/2C15H13N3O4/c2*1-22-13-8-6-11(7-9-13)15(19)17-16-10-12-4-2-3-5-14(12)18(20)21/h2*2-10H,1H3,(H,17,19)/b2*16-10+. The van der Waals surface area contributed by atoms with Crippen molar-refractivity contribution < 1.29 is 28.9 Å². The SMILES string of the molecule is COc1ccc(C(=O)N/N=C/c2ccccc2[N+](=O)[O-])cc1.COc1ccc(C(=O)N/N=C/c2ccccc2[N+](=O)[O-])cc1. The van der Waals surface area contributed by atoms with Crippen LogP contribution in [0.4, 0.5) is 11.4 Å². The van der Waals surface area contributed by atoms with Gasteiger partial charge in [0.15, 0.2) is 0 Å². The van der Waals surface area contributed by atoms with E-state index in [9.17, 15) is 29.8 Å². The van der Waals surface area contributed by atoms with Crippen LogP contribution in [0.3, 0.4) is 0 Å². The molecule has 0 aliphatic carbocycles. The lowest BCUT2D eigenvalue weighted by Gasteiger charge is -2.02. The first-order valence-electron chi connectivity index (χ1n) is 12.6. The first-order chi connectivity index (χ1) is 21.2. The number of hydrazone groups is 2. The molecule has 2 N–H and O–H groups in total. The molecule has 0 saturated heterocycles. The summed E-state index contributed by atoms with van der Waals surface area (Å²) < 4.78 is 10.00. The van der Waals surface area contributed by atoms with Gasteiger partial charge in [0, 0.05) is 23.3 Å². The van der Waals surface area contributed by atoms with Crippen molar-refractivity contribution in [2.75, 3.05) is 14.2 Å². The Kier molecular flexibility index (Phi) is 11.7. The molecule has 4 aromatic carbocycles. The maximum absolute atomic E-state index is 11.9. The zero-order valence-electron chi connectivity index (χ0n) is 23.4. The summed E-state index contributed by atoms with van der Waals surface area (Å²) in [7, 11) is 3.07. The minimum atomic E-state index is -0.507. The van der Waals surface area contributed by atoms with Crippen LogP contribution >= 0.6 is 0 Å². The quantitative estimate of drug-likeness (QED) is 0.149. The third-order valence-electron chi connectivity index (χ3n) is 5.71. The molecule has 14 heteroatoms. The van der Waals surface area contributed by atoms with E-state index in [2.05, 4.69) is 21.1 Å². The van der Waals surface area contributed by atoms with Gasteiger partial charge < -0.3 is 9.47 Å². The van der Waals surface area contributed by atoms with Gasteiger partial charge in [-0.25, -0.2) is 10.9 Å². The summed E-state index contributed by atoms with van der Waals surface area (Å²) in [6.45, 7) is 0. The molecule has 44 heavy (non-hydrogen) atoms. The van der Waals surface area contributed by atoms with Gasteiger partial charge in [-0.2, -0.15) is 10.2 Å². The number of amides is 2. The molecule has 0 unspecified atom stereocenters. The second-order valence-corrected chi connectivity index (χ2v) is 8.49. The van der Waals surface area contributed by atoms with Crippen LogP contribution in [0.1, 0.15) is 31.8 Å². The number of benzene rings is 4. The summed E-state index contributed by atoms with van der Waals surface area (Å²) in [6, 6.07) is 25.2. The third-order valence-corrected chi connectivity index (χ3v) is 5.71. The van der Waals surface area contributed by atoms with Crippen molar-refractivity contribution in [3.63, 3.8) is 0 Å². The van der Waals surface area contributed by atoms with Gasteiger partial charge in [-0.05, 0) is 60.7 Å². The normalized spacial score (nSPS) is 10.4. The number of ether oxygens (including phenoxy) is 2. The number of hydrogen-bond acceptors (Lipinski definition) is 10. The lowest BCUT2D eigenvalue weighted by molar-refractivity contribution is -0.385. The molecular formula is C30H26N6O8. The number of carbonyl (C=O) groups is 2. The monoisotopic (exact) mass is 598 g/mol. The largest absolute Gasteiger partial charge is 0.497 e. The number of nitro groups is 2. The second kappa shape index (κ2) is 16.1. The van der Waals surface area contributed by atoms with Crippen LogP contribution in [0.2, 0.25) is 0 Å². The molecule has 0 atom stereocenters. The number of rotatable bonds is 10. The van der Waals surface area contributed by atoms with Crippen LogP contribution in [-0.4, -0.2) is 48.3 Å². The Bertz CT molecular complexity index is 1550. The zero-order chi connectivity index (χ0) is 31.9. The van der Waals surface area contributed by atoms with Gasteiger partial charge >= 0.3 is 0 Å². The molecule has 0 spiro atoms. The number of para-hydroxylation sites is 2. The van der Waals surface area contributed by atoms with Gasteiger partial charge in [-0.3, -0.25) is 29.8 Å². The predicted octanol–water partition coefficient (Wildman–Crippen LogP) is 4.73. The molecule has 0 aromatic heterocycles. The van der Waals surface area contributed by atoms with Crippen LogP contribution in [0, 0.1) is 20.2 Å². The summed E-state index contributed by atoms with van der Waals surface area (Å²) in [5.41, 5.74) is 5.90. The summed E-state index contributed by atoms with van der Waals surface area (Å²) in [4.78, 5) is 44.4. The molecule has 2 amide bonds. The Balaban J connectivity index is 0.000000240. The highest BCUT2D eigenvalue weighted by atomic mass is 16.6. The summed E-state index contributed by atoms with van der Waals surface area (Å²) in [5.74, 6) is 0.440. The Morgan fingerprint density at radius 2 is 0.955 bits per heavy atom. The van der Waals surface area contributed by atoms with Crippen LogP contribution in [0.5, 0.6) is 11.5 Å². The molecule has 0 aliphatic heterocycles. The molecule has 0 fully saturated rings. The van der Waals surface area contributed by atoms with E-state index in [-0.39, 0.29) is 11.4 Å². The fourth-order valence-electron chi connectivity index (χ4n) is 3.46. The van der Waals surface area contributed by atoms with Gasteiger partial charge in [0.2, 0.25) is 0 Å². The van der Waals surface area contributed by atoms with Gasteiger partial charge in [-0.1, -0.05) is 24.3 Å². The molecule has 0 heterocycles. The number of nitrogens with one attached hydrogen (secondary N) is 2. The molecule has 0 bridgehead atoms. The van der Waals surface area contributed by atoms with Crippen LogP contribution in [0.15, 0.2) is 107 Å². The van der Waals surface area contributed by atoms with E-state index in [0.29, 0.717) is 33.8 Å². The second-order valence-electron chi connectivity index (χ2n) is 8.49. The van der Waals surface area contributed by atoms with Crippen molar-refractivity contribution in [3.8, 4) is 11.5 Å². The topological polar surface area (TPSA) is 188 Å². The van der Waals surface area contributed by atoms with E-state index in [0.717, 1.165) is 0 Å². The minimum absolute atomic E-state index is 0.0788. The highest BCUT2D eigenvalue weighted by Gasteiger charge is 2.11. The van der Waals surface area contributed by atoms with Gasteiger partial charge in [0.25, 0.3) is 23.2 Å². The first kappa shape index (κ1) is 32.1. The van der Waals surface area contributed by atoms with E-state index in [1.54, 1.807) is 84.9 Å². The van der Waals surface area contributed by atoms with Crippen molar-refractivity contribution in [2.24, 2.45) is 10.2 Å². The molecule has 0 aliphatic rings. The summed E-state index contributed by atoms with van der Waals surface area (Å²) in [6.07, 6.45) is 2.47. The average Bonchev–Trinajstić information content (AvgIpc) is 3.05. The highest BCUT2D eigenvalue weighted by Crippen LogP contribution is 2.16. The average molecular weight is 599 g/mol. The molecular weight excluding hydrogens is 572 g/mol. The number of hydrogen-bond donors (Lipinski definition) is 2. The maximum Gasteiger partial charge on any atom is 0.278 e. The van der Waals surface area contributed by atoms with Crippen molar-refractivity contribution in [3.05, 3.63) is 140 Å². The first-order valence-corrected chi connectivity index (χ1v) is 12.6. The molecule has 0 saturated carbocycles. The lowest BCUT2D eigenvalue weighted by Crippen LogP contribution is -2.17. The third kappa shape index (κ3) is 9.31. The number of methoxy groups -OCH3 is 2. The Morgan fingerprint density at radius 1 is 0.614 bits per heavy atom. The maximum atomic E-state index is 11.9. The molecule has 0 radical (unpaired) electrons. The van der Waals surface area contributed by atoms with Gasteiger partial charge in [0.05, 0.1) is 47.6 Å². The molecule has 4 aromatic rings. The molecule has 14 nitrogen and oxygen atoms in total. The Hall–Kier alpha value is -6.44. The van der Waals surface area contributed by atoms with Crippen molar-refractivity contribution in [1.82, 2.24) is 10.9 Å². The van der Waals surface area contributed by atoms with Crippen molar-refractivity contribution >= 4 is 35.6 Å². The van der Waals surface area contributed by atoms with Crippen LogP contribution in [-0.2, 0) is 0 Å². The Labute approximate surface area is 250 Å². The highest BCUT2D eigenvalue weighted by molar-refractivity contribution is 5.96. The van der Waals surface area contributed by atoms with E-state index in [1.165, 1.54) is 38.8 Å². The fourth-order valence-corrected chi connectivity index (χ4v) is 3.46. The minimum Gasteiger partial charge on any atom is -0.497 e. The number of carbonyl (C=O) groups excluding carboxylic acids is 2. The predicted molar refractivity (Wildman–Crippen MR) is 162 cm³/mol. The number of nitrogens with zero attached hydrogens (tertiary/aromatic N) is 4. The molecule has 224 valence electrons. The van der Waals surface area contributed by atoms with E-state index < -0.39 is 21.7 Å². The van der Waals surface area contributed by atoms with E-state index in [1.807, 2.05) is 0 Å². The number of nitro benzene ring substituents is 2. The van der Waals surface area contributed by atoms with Gasteiger partial charge in [-0.15, -0.1) is 0 Å². The smallest absolute Gasteiger partial charge is 0.278 e. The molecule has 4 rings (SSSR count). The lowest BCUT2D eigenvalue weighted by atomic mass is 10.2. The summed E-state index contributed by atoms with van der Waals surface area (Å²) in [5, 5.41) is 29.2. The summed E-state index contributed by atoms with van der Waals surface area (Å²) >= 11 is 0. The van der Waals surface area contributed by atoms with E-state index >= 15 is 0 Å². The van der Waals surface area contributed by atoms with E-state index in [4.69, 9.17) is 9.47 Å². The van der Waals surface area contributed by atoms with Crippen LogP contribution < -0.4 is 20.3 Å². The van der Waals surface area contributed by atoms with Crippen molar-refractivity contribution in [2.45, 2.75) is 0 Å². The zero-order valence-corrected chi connectivity index (χ0v) is 23.4. The van der Waals surface area contributed by atoms with Crippen LogP contribution in [0.25, 0.3) is 0 Å². The Morgan fingerprint density at radius 3 is 1.27 bits per heavy atom. The van der Waals surface area contributed by atoms with Gasteiger partial charge in [0.1, 0.15) is 11.5 Å². The fraction of sp³-hybridized carbons (Fsp3) is 0.0667. The van der Waals surface area contributed by atoms with Crippen molar-refractivity contribution in [1.29, 1.82) is 0 Å².